The van der Waals surface area contributed by atoms with Crippen LogP contribution in [0.5, 0.6) is 0 Å². The van der Waals surface area contributed by atoms with E-state index >= 15 is 0 Å². The van der Waals surface area contributed by atoms with E-state index in [1.54, 1.807) is 0 Å². The van der Waals surface area contributed by atoms with Gasteiger partial charge in [0.05, 0.1) is 0 Å². The van der Waals surface area contributed by atoms with Crippen LogP contribution in [0.25, 0.3) is 86.2 Å². The molecule has 0 nitrogen and oxygen atoms in total. The predicted octanol–water partition coefficient (Wildman–Crippen LogP) is 11.3. The third-order valence-corrected chi connectivity index (χ3v) is 9.51. The fraction of sp³-hybridized carbons (Fsp3) is 0. The van der Waals surface area contributed by atoms with E-state index in [1.165, 1.54) is 86.2 Å². The lowest BCUT2D eigenvalue weighted by Gasteiger charge is -2.10. The van der Waals surface area contributed by atoms with Gasteiger partial charge in [0.2, 0.25) is 0 Å². The fourth-order valence-corrected chi connectivity index (χ4v) is 7.62. The molecule has 180 valence electrons. The summed E-state index contributed by atoms with van der Waals surface area (Å²) in [5, 5.41) is 7.97. The first-order valence-electron chi connectivity index (χ1n) is 13.4. The molecule has 0 amide bonds. The average Bonchev–Trinajstić information content (AvgIpc) is 3.52. The Morgan fingerprint density at radius 3 is 1.90 bits per heavy atom. The molecule has 39 heavy (non-hydrogen) atoms. The van der Waals surface area contributed by atoms with E-state index in [0.29, 0.717) is 0 Å². The molecule has 1 aliphatic rings. The van der Waals surface area contributed by atoms with Gasteiger partial charge in [0.1, 0.15) is 0 Å². The van der Waals surface area contributed by atoms with Crippen LogP contribution in [-0.2, 0) is 0 Å². The highest BCUT2D eigenvalue weighted by Gasteiger charge is 2.21. The molecule has 7 aromatic carbocycles. The monoisotopic (exact) mass is 510 g/mol. The highest BCUT2D eigenvalue weighted by atomic mass is 32.1. The molecule has 0 saturated carbocycles. The van der Waals surface area contributed by atoms with E-state index in [2.05, 4.69) is 133 Å². The number of fused-ring (bicyclic) bond motifs is 7. The summed E-state index contributed by atoms with van der Waals surface area (Å²) in [6.07, 6.45) is 0. The predicted molar refractivity (Wildman–Crippen MR) is 170 cm³/mol. The molecule has 1 heterocycles. The lowest BCUT2D eigenvalue weighted by Crippen LogP contribution is -1.84. The molecule has 0 N–H and O–H groups in total. The largest absolute Gasteiger partial charge is 0.135 e. The topological polar surface area (TPSA) is 0 Å². The van der Waals surface area contributed by atoms with E-state index in [-0.39, 0.29) is 0 Å². The van der Waals surface area contributed by atoms with Gasteiger partial charge in [-0.1, -0.05) is 97.1 Å². The fourth-order valence-electron chi connectivity index (χ4n) is 6.49. The summed E-state index contributed by atoms with van der Waals surface area (Å²) in [6, 6.07) is 49.5. The molecule has 9 rings (SSSR count). The van der Waals surface area contributed by atoms with Gasteiger partial charge in [0.15, 0.2) is 0 Å². The molecule has 0 atom stereocenters. The van der Waals surface area contributed by atoms with Crippen molar-refractivity contribution >= 4 is 53.1 Å². The summed E-state index contributed by atoms with van der Waals surface area (Å²) >= 11 is 1.88. The molecule has 0 bridgehead atoms. The Hall–Kier alpha value is -4.72. The van der Waals surface area contributed by atoms with Gasteiger partial charge in [-0.2, -0.15) is 0 Å². The number of thiophene rings is 1. The van der Waals surface area contributed by atoms with Crippen LogP contribution in [0.2, 0.25) is 0 Å². The molecule has 0 fully saturated rings. The average molecular weight is 511 g/mol. The Morgan fingerprint density at radius 1 is 0.333 bits per heavy atom. The minimum Gasteiger partial charge on any atom is -0.135 e. The van der Waals surface area contributed by atoms with Gasteiger partial charge in [-0.15, -0.1) is 11.3 Å². The molecule has 1 aliphatic carbocycles. The molecular weight excluding hydrogens is 488 g/mol. The smallest absolute Gasteiger partial charge is 0.0361 e. The molecule has 0 spiro atoms. The van der Waals surface area contributed by atoms with Crippen LogP contribution in [0.1, 0.15) is 0 Å². The lowest BCUT2D eigenvalue weighted by molar-refractivity contribution is 1.62. The maximum Gasteiger partial charge on any atom is 0.0361 e. The number of hydrogen-bond donors (Lipinski definition) is 0. The highest BCUT2D eigenvalue weighted by Crippen LogP contribution is 2.48. The van der Waals surface area contributed by atoms with Gasteiger partial charge in [0.25, 0.3) is 0 Å². The van der Waals surface area contributed by atoms with E-state index in [9.17, 15) is 0 Å². The van der Waals surface area contributed by atoms with Crippen molar-refractivity contribution in [3.8, 4) is 44.5 Å². The summed E-state index contributed by atoms with van der Waals surface area (Å²) in [5.41, 5.74) is 10.4. The Bertz CT molecular complexity index is 2260. The first-order chi connectivity index (χ1) is 19.3. The molecular formula is C38H22S. The maximum atomic E-state index is 2.37. The number of hydrogen-bond acceptors (Lipinski definition) is 1. The van der Waals surface area contributed by atoms with Gasteiger partial charge in [-0.05, 0) is 102 Å². The maximum absolute atomic E-state index is 2.37. The second-order valence-electron chi connectivity index (χ2n) is 10.6. The van der Waals surface area contributed by atoms with Crippen LogP contribution in [0.15, 0.2) is 133 Å². The van der Waals surface area contributed by atoms with Crippen molar-refractivity contribution in [2.24, 2.45) is 0 Å². The molecule has 0 radical (unpaired) electrons. The summed E-state index contributed by atoms with van der Waals surface area (Å²) in [6.45, 7) is 0. The molecule has 1 heteroatoms. The Labute approximate surface area is 230 Å². The second kappa shape index (κ2) is 7.89. The van der Waals surface area contributed by atoms with Crippen LogP contribution in [0.4, 0.5) is 0 Å². The lowest BCUT2D eigenvalue weighted by atomic mass is 9.94. The zero-order chi connectivity index (χ0) is 25.5. The quantitative estimate of drug-likeness (QED) is 0.217. The van der Waals surface area contributed by atoms with Crippen LogP contribution < -0.4 is 0 Å². The first kappa shape index (κ1) is 21.2. The Balaban J connectivity index is 1.13. The minimum absolute atomic E-state index is 1.24. The van der Waals surface area contributed by atoms with Gasteiger partial charge in [-0.3, -0.25) is 0 Å². The van der Waals surface area contributed by atoms with Crippen LogP contribution in [0, 0.1) is 0 Å². The van der Waals surface area contributed by atoms with Gasteiger partial charge >= 0.3 is 0 Å². The van der Waals surface area contributed by atoms with E-state index < -0.39 is 0 Å². The van der Waals surface area contributed by atoms with Crippen molar-refractivity contribution in [1.82, 2.24) is 0 Å². The summed E-state index contributed by atoms with van der Waals surface area (Å²) in [5.74, 6) is 0. The van der Waals surface area contributed by atoms with Crippen molar-refractivity contribution in [3.63, 3.8) is 0 Å². The molecule has 1 aromatic heterocycles. The minimum atomic E-state index is 1.24. The van der Waals surface area contributed by atoms with Crippen molar-refractivity contribution in [2.45, 2.75) is 0 Å². The van der Waals surface area contributed by atoms with Gasteiger partial charge < -0.3 is 0 Å². The van der Waals surface area contributed by atoms with Crippen LogP contribution in [-0.4, -0.2) is 0 Å². The molecule has 0 saturated heterocycles. The molecule has 8 aromatic rings. The second-order valence-corrected chi connectivity index (χ2v) is 11.6. The normalized spacial score (nSPS) is 12.1. The zero-order valence-corrected chi connectivity index (χ0v) is 21.9. The van der Waals surface area contributed by atoms with Crippen LogP contribution in [0.3, 0.4) is 0 Å². The zero-order valence-electron chi connectivity index (χ0n) is 21.1. The third-order valence-electron chi connectivity index (χ3n) is 8.37. The summed E-state index contributed by atoms with van der Waals surface area (Å²) in [4.78, 5) is 0. The Kier molecular flexibility index (Phi) is 4.30. The first-order valence-corrected chi connectivity index (χ1v) is 14.2. The van der Waals surface area contributed by atoms with Crippen molar-refractivity contribution in [1.29, 1.82) is 0 Å². The van der Waals surface area contributed by atoms with E-state index in [4.69, 9.17) is 0 Å². The summed E-state index contributed by atoms with van der Waals surface area (Å²) in [7, 11) is 0. The van der Waals surface area contributed by atoms with E-state index in [0.717, 1.165) is 0 Å². The molecule has 0 aliphatic heterocycles. The van der Waals surface area contributed by atoms with Crippen molar-refractivity contribution in [2.75, 3.05) is 0 Å². The van der Waals surface area contributed by atoms with Crippen molar-refractivity contribution < 1.29 is 0 Å². The highest BCUT2D eigenvalue weighted by molar-refractivity contribution is 7.25. The van der Waals surface area contributed by atoms with Gasteiger partial charge in [0, 0.05) is 20.2 Å². The van der Waals surface area contributed by atoms with Crippen molar-refractivity contribution in [3.05, 3.63) is 133 Å². The third kappa shape index (κ3) is 3.11. The SMILES string of the molecule is c1ccc2c(c1)-c1cccc3cc(-c4ccc(-c5ccc6cc7sc8ccccc8c7cc6c5)cc4)cc-2c13. The van der Waals surface area contributed by atoms with Crippen LogP contribution >= 0.6 is 11.3 Å². The standard InChI is InChI=1S/C38H22S/c1-2-8-31-30(7-1)33-10-5-6-27-19-28(21-35(31)38(27)33)24-14-12-23(13-15-24)25-16-17-26-22-37-34(20-29(26)18-25)32-9-3-4-11-36(32)39-37/h1-22H. The number of rotatable bonds is 2. The van der Waals surface area contributed by atoms with E-state index in [1.807, 2.05) is 11.3 Å². The molecule has 0 unspecified atom stereocenters. The summed E-state index contributed by atoms with van der Waals surface area (Å²) < 4.78 is 2.71. The Morgan fingerprint density at radius 2 is 1.03 bits per heavy atom. The number of benzene rings is 7. The van der Waals surface area contributed by atoms with Gasteiger partial charge in [-0.25, -0.2) is 0 Å².